The number of hydrogen-bond acceptors (Lipinski definition) is 9. The molecule has 0 aromatic heterocycles. The fourth-order valence-electron chi connectivity index (χ4n) is 7.15. The van der Waals surface area contributed by atoms with Gasteiger partial charge in [-0.25, -0.2) is 0 Å². The van der Waals surface area contributed by atoms with Crippen molar-refractivity contribution in [2.75, 3.05) is 27.8 Å². The number of nitrogens with one attached hydrogen (secondary N) is 3. The number of rotatable bonds is 13. The lowest BCUT2D eigenvalue weighted by atomic mass is 9.84. The number of likely N-dealkylation sites (N-methyl/N-ethyl adjacent to an activating group) is 1. The Labute approximate surface area is 299 Å². The Bertz CT molecular complexity index is 1490. The van der Waals surface area contributed by atoms with Crippen LogP contribution in [-0.2, 0) is 28.8 Å². The van der Waals surface area contributed by atoms with Gasteiger partial charge < -0.3 is 35.2 Å². The molecule has 14 heteroatoms. The molecule has 2 fully saturated rings. The first-order valence-electron chi connectivity index (χ1n) is 17.5. The molecule has 3 aliphatic rings. The summed E-state index contributed by atoms with van der Waals surface area (Å²) in [6, 6.07) is 0.185. The molecule has 1 spiro atoms. The van der Waals surface area contributed by atoms with Crippen molar-refractivity contribution >= 4 is 46.7 Å². The van der Waals surface area contributed by atoms with Crippen molar-refractivity contribution in [3.63, 3.8) is 0 Å². The van der Waals surface area contributed by atoms with Gasteiger partial charge in [0.15, 0.2) is 5.60 Å². The van der Waals surface area contributed by atoms with Gasteiger partial charge in [-0.2, -0.15) is 0 Å². The summed E-state index contributed by atoms with van der Waals surface area (Å²) in [4.78, 5) is 74.8. The number of oxime groups is 1. The Hall–Kier alpha value is -3.87. The number of likely N-dealkylation sites (tertiary alicyclic amines) is 1. The molecule has 1 aliphatic carbocycles. The van der Waals surface area contributed by atoms with E-state index in [1.807, 2.05) is 27.7 Å². The summed E-state index contributed by atoms with van der Waals surface area (Å²) >= 11 is 6.46. The lowest BCUT2D eigenvalue weighted by molar-refractivity contribution is -0.145. The zero-order valence-corrected chi connectivity index (χ0v) is 31.0. The van der Waals surface area contributed by atoms with Gasteiger partial charge >= 0.3 is 0 Å². The highest BCUT2D eigenvalue weighted by molar-refractivity contribution is 6.38. The molecule has 3 N–H and O–H groups in total. The summed E-state index contributed by atoms with van der Waals surface area (Å²) in [5.41, 5.74) is -0.736. The molecule has 4 amide bonds. The summed E-state index contributed by atoms with van der Waals surface area (Å²) in [6.07, 6.45) is 6.66. The highest BCUT2D eigenvalue weighted by Crippen LogP contribution is 2.42. The van der Waals surface area contributed by atoms with Crippen LogP contribution in [0.15, 0.2) is 17.3 Å². The van der Waals surface area contributed by atoms with Crippen molar-refractivity contribution in [3.8, 4) is 11.5 Å². The Morgan fingerprint density at radius 2 is 1.74 bits per heavy atom. The van der Waals surface area contributed by atoms with E-state index in [0.29, 0.717) is 40.6 Å². The van der Waals surface area contributed by atoms with Crippen molar-refractivity contribution in [3.05, 3.63) is 22.7 Å². The van der Waals surface area contributed by atoms with Crippen molar-refractivity contribution in [1.29, 1.82) is 0 Å². The van der Waals surface area contributed by atoms with Crippen molar-refractivity contribution in [2.45, 2.75) is 116 Å². The van der Waals surface area contributed by atoms with Crippen LogP contribution >= 0.6 is 11.6 Å². The maximum atomic E-state index is 14.6. The van der Waals surface area contributed by atoms with Gasteiger partial charge in [0, 0.05) is 37.9 Å². The van der Waals surface area contributed by atoms with E-state index in [4.69, 9.17) is 25.9 Å². The molecular formula is C36H52ClN5O8. The molecule has 13 nitrogen and oxygen atoms in total. The van der Waals surface area contributed by atoms with Crippen LogP contribution in [0.5, 0.6) is 11.5 Å². The molecule has 1 saturated carbocycles. The Morgan fingerprint density at radius 1 is 1.06 bits per heavy atom. The van der Waals surface area contributed by atoms with E-state index in [2.05, 4.69) is 21.1 Å². The zero-order chi connectivity index (χ0) is 36.8. The minimum atomic E-state index is -1.11. The second-order valence-electron chi connectivity index (χ2n) is 14.7. The number of hydrogen-bond donors (Lipinski definition) is 3. The molecular weight excluding hydrogens is 666 g/mol. The van der Waals surface area contributed by atoms with E-state index in [1.165, 1.54) is 32.6 Å². The predicted octanol–water partition coefficient (Wildman–Crippen LogP) is 3.92. The normalized spacial score (nSPS) is 21.9. The van der Waals surface area contributed by atoms with Crippen LogP contribution in [0, 0.1) is 11.3 Å². The second kappa shape index (κ2) is 16.4. The first-order valence-corrected chi connectivity index (χ1v) is 17.9. The Morgan fingerprint density at radius 3 is 2.34 bits per heavy atom. The number of carbonyl (C=O) groups excluding carboxylic acids is 5. The molecule has 1 aromatic rings. The minimum absolute atomic E-state index is 0.0178. The first kappa shape index (κ1) is 38.9. The molecule has 0 bridgehead atoms. The smallest absolute Gasteiger partial charge is 0.289 e. The molecule has 0 unspecified atom stereocenters. The number of ether oxygens (including phenoxy) is 2. The SMILES string of the molecule is CCC[C@H](NC(=O)[C@@H]1C[C@]2(CC(c3cc(Cl)c(OC)cc3OC)=NO2)CN1C(=O)[C@@H](NC(=O)CC1CCCCC1)C(C)(C)C)C(=O)C(=O)NC. The van der Waals surface area contributed by atoms with Crippen LogP contribution in [0.1, 0.15) is 97.5 Å². The number of Topliss-reactive ketones (excluding diaryl/α,β-unsaturated/α-hetero) is 1. The molecule has 4 atom stereocenters. The van der Waals surface area contributed by atoms with Gasteiger partial charge in [-0.05, 0) is 36.7 Å². The summed E-state index contributed by atoms with van der Waals surface area (Å²) < 4.78 is 10.9. The van der Waals surface area contributed by atoms with Gasteiger partial charge in [0.25, 0.3) is 5.91 Å². The molecule has 1 aromatic carbocycles. The van der Waals surface area contributed by atoms with E-state index in [-0.39, 0.29) is 37.6 Å². The van der Waals surface area contributed by atoms with Gasteiger partial charge in [0.05, 0.1) is 37.5 Å². The Balaban J connectivity index is 1.65. The van der Waals surface area contributed by atoms with Crippen LogP contribution in [0.2, 0.25) is 5.02 Å². The van der Waals surface area contributed by atoms with E-state index < -0.39 is 52.6 Å². The fourth-order valence-corrected chi connectivity index (χ4v) is 7.39. The van der Waals surface area contributed by atoms with Crippen LogP contribution in [0.25, 0.3) is 0 Å². The van der Waals surface area contributed by atoms with Gasteiger partial charge in [0.1, 0.15) is 23.6 Å². The number of ketones is 1. The third-order valence-corrected chi connectivity index (χ3v) is 10.2. The standard InChI is InChI=1S/C36H52ClN5O8/c1-8-12-24(30(44)33(46)38-5)39-32(45)26-19-36(18-25(41-50-36)22-16-23(37)28(49-7)17-27(22)48-6)20-42(26)34(47)31(35(2,3)4)40-29(43)15-21-13-10-9-11-14-21/h16-17,21,24,26,31H,8-15,18-20H2,1-7H3,(H,38,46)(H,39,45)(H,40,43)/t24-,26-,31+,36+/m0/s1. The third kappa shape index (κ3) is 8.88. The fraction of sp³-hybridized carbons (Fsp3) is 0.667. The molecule has 276 valence electrons. The summed E-state index contributed by atoms with van der Waals surface area (Å²) in [6.45, 7) is 7.42. The lowest BCUT2D eigenvalue weighted by Crippen LogP contribution is -2.59. The van der Waals surface area contributed by atoms with Crippen molar-refractivity contribution < 1.29 is 38.3 Å². The zero-order valence-electron chi connectivity index (χ0n) is 30.3. The van der Waals surface area contributed by atoms with E-state index in [1.54, 1.807) is 12.1 Å². The molecule has 2 heterocycles. The largest absolute Gasteiger partial charge is 0.496 e. The van der Waals surface area contributed by atoms with Gasteiger partial charge in [-0.3, -0.25) is 24.0 Å². The van der Waals surface area contributed by atoms with Crippen molar-refractivity contribution in [2.24, 2.45) is 16.5 Å². The topological polar surface area (TPSA) is 165 Å². The van der Waals surface area contributed by atoms with Gasteiger partial charge in [-0.15, -0.1) is 0 Å². The van der Waals surface area contributed by atoms with E-state index in [0.717, 1.165) is 25.7 Å². The molecule has 4 rings (SSSR count). The lowest BCUT2D eigenvalue weighted by Gasteiger charge is -2.36. The van der Waals surface area contributed by atoms with Crippen LogP contribution < -0.4 is 25.4 Å². The average molecular weight is 718 g/mol. The number of amides is 4. The van der Waals surface area contributed by atoms with E-state index in [9.17, 15) is 24.0 Å². The maximum Gasteiger partial charge on any atom is 0.289 e. The summed E-state index contributed by atoms with van der Waals surface area (Å²) in [5, 5.41) is 12.8. The van der Waals surface area contributed by atoms with Crippen molar-refractivity contribution in [1.82, 2.24) is 20.9 Å². The summed E-state index contributed by atoms with van der Waals surface area (Å²) in [5.74, 6) is -1.71. The van der Waals surface area contributed by atoms with Crippen LogP contribution in [0.4, 0.5) is 0 Å². The van der Waals surface area contributed by atoms with Gasteiger partial charge in [-0.1, -0.05) is 70.1 Å². The van der Waals surface area contributed by atoms with Crippen LogP contribution in [-0.4, -0.2) is 91.6 Å². The number of methoxy groups -OCH3 is 2. The summed E-state index contributed by atoms with van der Waals surface area (Å²) in [7, 11) is 4.36. The minimum Gasteiger partial charge on any atom is -0.496 e. The first-order chi connectivity index (χ1) is 23.7. The monoisotopic (exact) mass is 717 g/mol. The third-order valence-electron chi connectivity index (χ3n) is 9.89. The maximum absolute atomic E-state index is 14.6. The Kier molecular flexibility index (Phi) is 12.8. The number of nitrogens with zero attached hydrogens (tertiary/aromatic N) is 2. The number of carbonyl (C=O) groups is 5. The highest BCUT2D eigenvalue weighted by atomic mass is 35.5. The number of halogens is 1. The molecule has 2 aliphatic heterocycles. The second-order valence-corrected chi connectivity index (χ2v) is 15.1. The van der Waals surface area contributed by atoms with Crippen LogP contribution in [0.3, 0.4) is 0 Å². The highest BCUT2D eigenvalue weighted by Gasteiger charge is 2.56. The predicted molar refractivity (Wildman–Crippen MR) is 188 cm³/mol. The van der Waals surface area contributed by atoms with E-state index >= 15 is 0 Å². The number of benzene rings is 1. The molecule has 1 saturated heterocycles. The quantitative estimate of drug-likeness (QED) is 0.259. The molecule has 0 radical (unpaired) electrons. The average Bonchev–Trinajstić information content (AvgIpc) is 3.69. The van der Waals surface area contributed by atoms with Gasteiger partial charge in [0.2, 0.25) is 23.5 Å². The molecule has 50 heavy (non-hydrogen) atoms.